The topological polar surface area (TPSA) is 48.4 Å². The Kier molecular flexibility index (Phi) is 3.39. The van der Waals surface area contributed by atoms with Crippen molar-refractivity contribution >= 4 is 5.97 Å². The summed E-state index contributed by atoms with van der Waals surface area (Å²) < 4.78 is 22.3. The highest BCUT2D eigenvalue weighted by atomic mass is 19.1. The monoisotopic (exact) mass is 199 g/mol. The quantitative estimate of drug-likeness (QED) is 0.680. The molecule has 0 bridgehead atoms. The fourth-order valence-corrected chi connectivity index (χ4v) is 0.911. The van der Waals surface area contributed by atoms with E-state index >= 15 is 0 Å². The van der Waals surface area contributed by atoms with Gasteiger partial charge in [0.25, 0.3) is 0 Å². The van der Waals surface area contributed by atoms with E-state index in [4.69, 9.17) is 4.74 Å². The molecule has 0 unspecified atom stereocenters. The molecule has 1 aromatic heterocycles. The highest BCUT2D eigenvalue weighted by Gasteiger charge is 2.10. The molecule has 0 aliphatic heterocycles. The van der Waals surface area contributed by atoms with Gasteiger partial charge in [0.15, 0.2) is 0 Å². The Balaban J connectivity index is 2.89. The van der Waals surface area contributed by atoms with Gasteiger partial charge >= 0.3 is 5.97 Å². The largest absolute Gasteiger partial charge is 0.481 e. The number of carbonyl (C=O) groups excluding carboxylic acids is 1. The fraction of sp³-hybridized carbons (Fsp3) is 0.333. The number of hydrogen-bond donors (Lipinski definition) is 0. The Morgan fingerprint density at radius 2 is 2.21 bits per heavy atom. The van der Waals surface area contributed by atoms with E-state index in [0.29, 0.717) is 0 Å². The Labute approximate surface area is 80.7 Å². The third kappa shape index (κ3) is 2.42. The zero-order chi connectivity index (χ0) is 10.6. The van der Waals surface area contributed by atoms with Gasteiger partial charge in [-0.1, -0.05) is 0 Å². The second kappa shape index (κ2) is 4.55. The average Bonchev–Trinajstić information content (AvgIpc) is 2.21. The lowest BCUT2D eigenvalue weighted by Crippen LogP contribution is -2.08. The van der Waals surface area contributed by atoms with Crippen molar-refractivity contribution in [3.8, 4) is 5.88 Å². The first-order valence-electron chi connectivity index (χ1n) is 3.93. The third-order valence-electron chi connectivity index (χ3n) is 1.64. The summed E-state index contributed by atoms with van der Waals surface area (Å²) >= 11 is 0. The minimum atomic E-state index is -0.545. The molecule has 1 heterocycles. The molecule has 0 aliphatic rings. The van der Waals surface area contributed by atoms with E-state index in [1.54, 1.807) is 0 Å². The van der Waals surface area contributed by atoms with Crippen LogP contribution in [-0.2, 0) is 16.0 Å². The molecule has 0 radical (unpaired) electrons. The van der Waals surface area contributed by atoms with E-state index in [1.165, 1.54) is 26.4 Å². The number of carbonyl (C=O) groups is 1. The van der Waals surface area contributed by atoms with Crippen LogP contribution in [0.2, 0.25) is 0 Å². The van der Waals surface area contributed by atoms with Gasteiger partial charge in [-0.25, -0.2) is 9.37 Å². The first-order valence-corrected chi connectivity index (χ1v) is 3.93. The molecular weight excluding hydrogens is 189 g/mol. The molecule has 0 fully saturated rings. The summed E-state index contributed by atoms with van der Waals surface area (Å²) in [5, 5.41) is 0. The molecular formula is C9H10FNO3. The number of halogens is 1. The summed E-state index contributed by atoms with van der Waals surface area (Å²) in [5.74, 6) is -0.814. The lowest BCUT2D eigenvalue weighted by molar-refractivity contribution is -0.139. The Hall–Kier alpha value is -1.65. The van der Waals surface area contributed by atoms with Crippen LogP contribution in [0.3, 0.4) is 0 Å². The number of pyridine rings is 1. The summed E-state index contributed by atoms with van der Waals surface area (Å²) in [6, 6.07) is 2.58. The predicted molar refractivity (Wildman–Crippen MR) is 46.5 cm³/mol. The average molecular weight is 199 g/mol. The molecule has 0 saturated heterocycles. The van der Waals surface area contributed by atoms with E-state index in [-0.39, 0.29) is 18.0 Å². The van der Waals surface area contributed by atoms with E-state index in [9.17, 15) is 9.18 Å². The molecule has 0 aromatic carbocycles. The van der Waals surface area contributed by atoms with Crippen molar-refractivity contribution in [2.45, 2.75) is 6.42 Å². The number of ether oxygens (including phenoxy) is 2. The minimum absolute atomic E-state index is 0.0243. The zero-order valence-electron chi connectivity index (χ0n) is 7.91. The molecule has 0 saturated carbocycles. The second-order valence-electron chi connectivity index (χ2n) is 2.54. The van der Waals surface area contributed by atoms with E-state index < -0.39 is 11.8 Å². The summed E-state index contributed by atoms with van der Waals surface area (Å²) in [6.45, 7) is 0. The van der Waals surface area contributed by atoms with Gasteiger partial charge in [-0.3, -0.25) is 4.79 Å². The molecule has 1 rings (SSSR count). The fourth-order valence-electron chi connectivity index (χ4n) is 0.911. The number of esters is 1. The van der Waals surface area contributed by atoms with Gasteiger partial charge in [-0.05, 0) is 6.07 Å². The van der Waals surface area contributed by atoms with Gasteiger partial charge in [-0.2, -0.15) is 0 Å². The predicted octanol–water partition coefficient (Wildman–Crippen LogP) is 0.945. The van der Waals surface area contributed by atoms with Crippen molar-refractivity contribution in [2.75, 3.05) is 14.2 Å². The summed E-state index contributed by atoms with van der Waals surface area (Å²) in [6.07, 6.45) is -0.195. The number of hydrogen-bond acceptors (Lipinski definition) is 4. The SMILES string of the molecule is COC(=O)Cc1nc(OC)ccc1F. The van der Waals surface area contributed by atoms with Crippen LogP contribution in [-0.4, -0.2) is 25.2 Å². The van der Waals surface area contributed by atoms with Gasteiger partial charge in [0.1, 0.15) is 5.82 Å². The van der Waals surface area contributed by atoms with Crippen molar-refractivity contribution in [3.05, 3.63) is 23.6 Å². The van der Waals surface area contributed by atoms with Crippen molar-refractivity contribution in [1.82, 2.24) is 4.98 Å². The normalized spacial score (nSPS) is 9.64. The number of rotatable bonds is 3. The molecule has 0 atom stereocenters. The second-order valence-corrected chi connectivity index (χ2v) is 2.54. The van der Waals surface area contributed by atoms with Crippen LogP contribution in [0.4, 0.5) is 4.39 Å². The zero-order valence-corrected chi connectivity index (χ0v) is 7.91. The molecule has 76 valence electrons. The maximum Gasteiger partial charge on any atom is 0.311 e. The first-order chi connectivity index (χ1) is 6.67. The molecule has 0 aliphatic carbocycles. The Bertz CT molecular complexity index is 341. The molecule has 5 heteroatoms. The van der Waals surface area contributed by atoms with Crippen LogP contribution < -0.4 is 4.74 Å². The number of nitrogens with zero attached hydrogens (tertiary/aromatic N) is 1. The number of methoxy groups -OCH3 is 2. The smallest absolute Gasteiger partial charge is 0.311 e. The highest BCUT2D eigenvalue weighted by Crippen LogP contribution is 2.12. The highest BCUT2D eigenvalue weighted by molar-refractivity contribution is 5.71. The molecule has 0 spiro atoms. The molecule has 14 heavy (non-hydrogen) atoms. The van der Waals surface area contributed by atoms with Crippen LogP contribution in [0.25, 0.3) is 0 Å². The van der Waals surface area contributed by atoms with Crippen molar-refractivity contribution in [2.24, 2.45) is 0 Å². The molecule has 1 aromatic rings. The molecule has 0 amide bonds. The van der Waals surface area contributed by atoms with Crippen LogP contribution in [0.1, 0.15) is 5.69 Å². The van der Waals surface area contributed by atoms with Crippen molar-refractivity contribution in [3.63, 3.8) is 0 Å². The van der Waals surface area contributed by atoms with Crippen LogP contribution in [0.5, 0.6) is 5.88 Å². The lowest BCUT2D eigenvalue weighted by Gasteiger charge is -2.03. The van der Waals surface area contributed by atoms with Crippen molar-refractivity contribution < 1.29 is 18.7 Å². The minimum Gasteiger partial charge on any atom is -0.481 e. The van der Waals surface area contributed by atoms with Gasteiger partial charge < -0.3 is 9.47 Å². The number of aromatic nitrogens is 1. The maximum absolute atomic E-state index is 13.1. The van der Waals surface area contributed by atoms with Crippen LogP contribution >= 0.6 is 0 Å². The summed E-state index contributed by atoms with van der Waals surface area (Å²) in [4.78, 5) is 14.6. The third-order valence-corrected chi connectivity index (χ3v) is 1.64. The van der Waals surface area contributed by atoms with Crippen LogP contribution in [0, 0.1) is 5.82 Å². The maximum atomic E-state index is 13.1. The summed E-state index contributed by atoms with van der Waals surface area (Å²) in [7, 11) is 2.66. The van der Waals surface area contributed by atoms with E-state index in [0.717, 1.165) is 0 Å². The first kappa shape index (κ1) is 10.4. The lowest BCUT2D eigenvalue weighted by atomic mass is 10.2. The molecule has 0 N–H and O–H groups in total. The van der Waals surface area contributed by atoms with E-state index in [2.05, 4.69) is 9.72 Å². The van der Waals surface area contributed by atoms with Gasteiger partial charge in [0.05, 0.1) is 26.3 Å². The molecule has 4 nitrogen and oxygen atoms in total. The van der Waals surface area contributed by atoms with Gasteiger partial charge in [0.2, 0.25) is 5.88 Å². The van der Waals surface area contributed by atoms with Gasteiger partial charge in [-0.15, -0.1) is 0 Å². The van der Waals surface area contributed by atoms with Crippen molar-refractivity contribution in [1.29, 1.82) is 0 Å². The summed E-state index contributed by atoms with van der Waals surface area (Å²) in [5.41, 5.74) is 0.0243. The standard InChI is InChI=1S/C9H10FNO3/c1-13-8-4-3-6(10)7(11-8)5-9(12)14-2/h3-4H,5H2,1-2H3. The van der Waals surface area contributed by atoms with Gasteiger partial charge in [0, 0.05) is 6.07 Å². The Morgan fingerprint density at radius 3 is 2.79 bits per heavy atom. The van der Waals surface area contributed by atoms with E-state index in [1.807, 2.05) is 0 Å². The Morgan fingerprint density at radius 1 is 1.50 bits per heavy atom. The van der Waals surface area contributed by atoms with Crippen LogP contribution in [0.15, 0.2) is 12.1 Å².